The Kier molecular flexibility index (Phi) is 1.97. The lowest BCUT2D eigenvalue weighted by molar-refractivity contribution is 1.58. The summed E-state index contributed by atoms with van der Waals surface area (Å²) in [6.07, 6.45) is 4.36. The minimum Gasteiger partial charge on any atom is -0.0969 e. The van der Waals surface area contributed by atoms with Crippen LogP contribution in [-0.4, -0.2) is 12.0 Å². The van der Waals surface area contributed by atoms with Crippen molar-refractivity contribution in [1.29, 1.82) is 0 Å². The molecule has 0 saturated heterocycles. The Balaban J connectivity index is 3.06. The van der Waals surface area contributed by atoms with Crippen molar-refractivity contribution in [2.75, 3.05) is 6.66 Å². The predicted molar refractivity (Wildman–Crippen MR) is 47.8 cm³/mol. The molecule has 0 bridgehead atoms. The summed E-state index contributed by atoms with van der Waals surface area (Å²) < 4.78 is 0. The van der Waals surface area contributed by atoms with Crippen LogP contribution in [0.5, 0.6) is 0 Å². The van der Waals surface area contributed by atoms with Gasteiger partial charge in [0.1, 0.15) is 0 Å². The summed E-state index contributed by atoms with van der Waals surface area (Å²) in [4.78, 5) is 0. The van der Waals surface area contributed by atoms with Crippen LogP contribution in [0.15, 0.2) is 23.5 Å². The molecule has 0 radical (unpaired) electrons. The van der Waals surface area contributed by atoms with E-state index in [1.165, 1.54) is 5.57 Å². The third kappa shape index (κ3) is 1.37. The van der Waals surface area contributed by atoms with Gasteiger partial charge in [0, 0.05) is 0 Å². The first kappa shape index (κ1) is 6.89. The molecule has 0 fully saturated rings. The summed E-state index contributed by atoms with van der Waals surface area (Å²) in [6, 6.07) is 0. The van der Waals surface area contributed by atoms with E-state index in [0.717, 1.165) is 0 Å². The van der Waals surface area contributed by atoms with Crippen LogP contribution >= 0.6 is 7.55 Å². The molecule has 1 heteroatoms. The highest BCUT2D eigenvalue weighted by Gasteiger charge is 1.96. The van der Waals surface area contributed by atoms with Crippen LogP contribution in [-0.2, 0) is 0 Å². The van der Waals surface area contributed by atoms with Gasteiger partial charge in [-0.25, -0.2) is 0 Å². The second kappa shape index (κ2) is 2.58. The maximum absolute atomic E-state index is 2.33. The molecule has 0 N–H and O–H groups in total. The normalized spacial score (nSPS) is 26.3. The second-order valence-electron chi connectivity index (χ2n) is 2.52. The van der Waals surface area contributed by atoms with Gasteiger partial charge in [0.05, 0.1) is 0 Å². The van der Waals surface area contributed by atoms with Crippen LogP contribution in [0.4, 0.5) is 0 Å². The van der Waals surface area contributed by atoms with Gasteiger partial charge in [-0.05, 0) is 31.4 Å². The van der Waals surface area contributed by atoms with Crippen molar-refractivity contribution in [2.45, 2.75) is 13.8 Å². The molecule has 1 aliphatic heterocycles. The third-order valence-electron chi connectivity index (χ3n) is 1.88. The quantitative estimate of drug-likeness (QED) is 0.453. The van der Waals surface area contributed by atoms with Crippen LogP contribution in [0.1, 0.15) is 13.8 Å². The van der Waals surface area contributed by atoms with Crippen molar-refractivity contribution in [3.8, 4) is 0 Å². The van der Waals surface area contributed by atoms with Gasteiger partial charge in [0.2, 0.25) is 0 Å². The van der Waals surface area contributed by atoms with Crippen LogP contribution in [0.3, 0.4) is 0 Å². The number of rotatable bonds is 0. The van der Waals surface area contributed by atoms with E-state index < -0.39 is 0 Å². The Morgan fingerprint density at radius 3 is 2.44 bits per heavy atom. The highest BCUT2D eigenvalue weighted by atomic mass is 31.1. The standard InChI is InChI=1S/C8H13P/c1-7-5-4-6-9(3)8(7)2/h4-6,9H,1-3H3. The van der Waals surface area contributed by atoms with Crippen LogP contribution in [0, 0.1) is 0 Å². The van der Waals surface area contributed by atoms with E-state index in [1.54, 1.807) is 5.29 Å². The van der Waals surface area contributed by atoms with Crippen LogP contribution in [0.2, 0.25) is 0 Å². The Labute approximate surface area is 57.7 Å². The third-order valence-corrected chi connectivity index (χ3v) is 4.15. The van der Waals surface area contributed by atoms with Crippen LogP contribution in [0.25, 0.3) is 0 Å². The van der Waals surface area contributed by atoms with Gasteiger partial charge in [0.25, 0.3) is 0 Å². The highest BCUT2D eigenvalue weighted by Crippen LogP contribution is 2.27. The molecular formula is C8H13P. The largest absolute Gasteiger partial charge is 0.0969 e. The van der Waals surface area contributed by atoms with Crippen molar-refractivity contribution in [3.63, 3.8) is 0 Å². The van der Waals surface area contributed by atoms with E-state index in [-0.39, 0.29) is 7.55 Å². The summed E-state index contributed by atoms with van der Waals surface area (Å²) in [7, 11) is -0.252. The lowest BCUT2D eigenvalue weighted by atomic mass is 10.2. The lowest BCUT2D eigenvalue weighted by Crippen LogP contribution is -1.92. The van der Waals surface area contributed by atoms with E-state index in [1.807, 2.05) is 0 Å². The minimum atomic E-state index is -0.252. The molecule has 50 valence electrons. The Bertz CT molecular complexity index is 207. The first-order chi connectivity index (χ1) is 4.22. The smallest absolute Gasteiger partial charge is 0.0394 e. The zero-order valence-corrected chi connectivity index (χ0v) is 7.23. The van der Waals surface area contributed by atoms with Gasteiger partial charge in [-0.2, -0.15) is 0 Å². The average molecular weight is 140 g/mol. The number of hydrogen-bond acceptors (Lipinski definition) is 0. The topological polar surface area (TPSA) is 0 Å². The second-order valence-corrected chi connectivity index (χ2v) is 4.97. The summed E-state index contributed by atoms with van der Waals surface area (Å²) >= 11 is 0. The predicted octanol–water partition coefficient (Wildman–Crippen LogP) is 2.50. The summed E-state index contributed by atoms with van der Waals surface area (Å²) in [6.45, 7) is 6.75. The molecule has 1 unspecified atom stereocenters. The summed E-state index contributed by atoms with van der Waals surface area (Å²) in [5.74, 6) is 2.33. The molecule has 0 amide bonds. The van der Waals surface area contributed by atoms with Crippen molar-refractivity contribution in [3.05, 3.63) is 23.5 Å². The highest BCUT2D eigenvalue weighted by molar-refractivity contribution is 7.61. The van der Waals surface area contributed by atoms with E-state index in [2.05, 4.69) is 38.5 Å². The molecule has 1 rings (SSSR count). The molecule has 1 atom stereocenters. The van der Waals surface area contributed by atoms with Crippen molar-refractivity contribution in [1.82, 2.24) is 0 Å². The monoisotopic (exact) mass is 140 g/mol. The van der Waals surface area contributed by atoms with E-state index >= 15 is 0 Å². The average Bonchev–Trinajstić information content (AvgIpc) is 1.83. The minimum absolute atomic E-state index is 0.252. The van der Waals surface area contributed by atoms with Crippen molar-refractivity contribution < 1.29 is 0 Å². The molecular weight excluding hydrogens is 127 g/mol. The molecule has 1 aliphatic rings. The van der Waals surface area contributed by atoms with Gasteiger partial charge < -0.3 is 0 Å². The molecule has 0 saturated carbocycles. The first-order valence-electron chi connectivity index (χ1n) is 3.24. The number of hydrogen-bond donors (Lipinski definition) is 0. The molecule has 0 aromatic carbocycles. The van der Waals surface area contributed by atoms with Gasteiger partial charge >= 0.3 is 0 Å². The molecule has 0 aromatic rings. The van der Waals surface area contributed by atoms with Gasteiger partial charge in [-0.1, -0.05) is 25.5 Å². The maximum Gasteiger partial charge on any atom is -0.0394 e. The summed E-state index contributed by atoms with van der Waals surface area (Å²) in [5, 5.41) is 1.60. The molecule has 9 heavy (non-hydrogen) atoms. The number of allylic oxidation sites excluding steroid dienone is 3. The fourth-order valence-electron chi connectivity index (χ4n) is 0.898. The van der Waals surface area contributed by atoms with E-state index in [9.17, 15) is 0 Å². The molecule has 0 spiro atoms. The van der Waals surface area contributed by atoms with Crippen molar-refractivity contribution in [2.24, 2.45) is 0 Å². The maximum atomic E-state index is 2.33. The SMILES string of the molecule is CC1=CC=C[PH](C)=C1C. The fraction of sp³-hybridized carbons (Fsp3) is 0.375. The Morgan fingerprint density at radius 1 is 1.33 bits per heavy atom. The molecule has 0 nitrogen and oxygen atoms in total. The van der Waals surface area contributed by atoms with Gasteiger partial charge in [0.15, 0.2) is 0 Å². The van der Waals surface area contributed by atoms with Crippen molar-refractivity contribution >= 4 is 12.8 Å². The zero-order valence-electron chi connectivity index (χ0n) is 6.23. The van der Waals surface area contributed by atoms with E-state index in [0.29, 0.717) is 0 Å². The Hall–Kier alpha value is -0.220. The van der Waals surface area contributed by atoms with Gasteiger partial charge in [-0.3, -0.25) is 0 Å². The fourth-order valence-corrected chi connectivity index (χ4v) is 2.24. The van der Waals surface area contributed by atoms with E-state index in [4.69, 9.17) is 0 Å². The van der Waals surface area contributed by atoms with Crippen LogP contribution < -0.4 is 0 Å². The summed E-state index contributed by atoms with van der Waals surface area (Å²) in [5.41, 5.74) is 1.47. The first-order valence-corrected chi connectivity index (χ1v) is 5.32. The molecule has 1 heterocycles. The molecule has 0 aromatic heterocycles. The Morgan fingerprint density at radius 2 is 2.00 bits per heavy atom. The van der Waals surface area contributed by atoms with Gasteiger partial charge in [-0.15, -0.1) is 0 Å². The lowest BCUT2D eigenvalue weighted by Gasteiger charge is -2.08. The zero-order chi connectivity index (χ0) is 6.85. The molecule has 0 aliphatic carbocycles.